The largest absolute Gasteiger partial charge is 0.487 e. The third kappa shape index (κ3) is 4.59. The van der Waals surface area contributed by atoms with Crippen molar-refractivity contribution in [3.63, 3.8) is 0 Å². The summed E-state index contributed by atoms with van der Waals surface area (Å²) in [5, 5.41) is 3.51. The van der Waals surface area contributed by atoms with Gasteiger partial charge in [0.25, 0.3) is 5.91 Å². The molecule has 0 saturated carbocycles. The van der Waals surface area contributed by atoms with E-state index in [9.17, 15) is 14.0 Å². The summed E-state index contributed by atoms with van der Waals surface area (Å²) in [6, 6.07) is 5.93. The van der Waals surface area contributed by atoms with Gasteiger partial charge in [-0.05, 0) is 31.4 Å². The van der Waals surface area contributed by atoms with Crippen molar-refractivity contribution in [2.75, 3.05) is 38.2 Å². The average Bonchev–Trinajstić information content (AvgIpc) is 3.26. The van der Waals surface area contributed by atoms with Crippen LogP contribution in [0.15, 0.2) is 36.8 Å². The van der Waals surface area contributed by atoms with Gasteiger partial charge in [0.05, 0.1) is 24.0 Å². The Labute approximate surface area is 195 Å². The van der Waals surface area contributed by atoms with Crippen molar-refractivity contribution < 1.29 is 23.5 Å². The predicted octanol–water partition coefficient (Wildman–Crippen LogP) is 2.99. The van der Waals surface area contributed by atoms with E-state index < -0.39 is 0 Å². The van der Waals surface area contributed by atoms with Gasteiger partial charge in [-0.3, -0.25) is 4.79 Å². The summed E-state index contributed by atoms with van der Waals surface area (Å²) in [6.07, 6.45) is 5.47. The van der Waals surface area contributed by atoms with Gasteiger partial charge >= 0.3 is 6.09 Å². The number of piperidine rings is 1. The number of aromatic amines is 1. The number of nitrogens with one attached hydrogen (secondary N) is 2. The molecule has 2 saturated heterocycles. The number of fused-ring (bicyclic) bond motifs is 1. The number of ether oxygens (including phenoxy) is 2. The van der Waals surface area contributed by atoms with Crippen LogP contribution >= 0.6 is 0 Å². The highest BCUT2D eigenvalue weighted by Gasteiger charge is 2.34. The van der Waals surface area contributed by atoms with Crippen LogP contribution in [0.3, 0.4) is 0 Å². The first-order valence-corrected chi connectivity index (χ1v) is 11.3. The maximum atomic E-state index is 13.3. The lowest BCUT2D eigenvalue weighted by molar-refractivity contribution is 0.0178. The third-order valence-corrected chi connectivity index (χ3v) is 5.98. The van der Waals surface area contributed by atoms with Crippen LogP contribution in [0.5, 0.6) is 5.75 Å². The molecule has 0 bridgehead atoms. The maximum Gasteiger partial charge on any atom is 0.411 e. The van der Waals surface area contributed by atoms with E-state index in [1.165, 1.54) is 18.5 Å². The number of carbonyl (C=O) groups excluding carboxylic acids is 2. The Bertz CT molecular complexity index is 1190. The van der Waals surface area contributed by atoms with Crippen LogP contribution in [-0.2, 0) is 4.74 Å². The zero-order chi connectivity index (χ0) is 23.5. The van der Waals surface area contributed by atoms with Gasteiger partial charge < -0.3 is 29.6 Å². The van der Waals surface area contributed by atoms with Crippen molar-refractivity contribution in [1.29, 1.82) is 0 Å². The minimum atomic E-state index is -0.370. The number of benzene rings is 1. The lowest BCUT2D eigenvalue weighted by Crippen LogP contribution is -2.56. The highest BCUT2D eigenvalue weighted by Crippen LogP contribution is 2.27. The lowest BCUT2D eigenvalue weighted by Gasteiger charge is -2.38. The molecule has 0 spiro atoms. The van der Waals surface area contributed by atoms with Crippen molar-refractivity contribution in [3.05, 3.63) is 48.2 Å². The number of rotatable bonds is 6. The van der Waals surface area contributed by atoms with E-state index in [2.05, 4.69) is 20.3 Å². The molecule has 0 unspecified atom stereocenters. The summed E-state index contributed by atoms with van der Waals surface area (Å²) in [5.74, 6) is 0.260. The van der Waals surface area contributed by atoms with Crippen LogP contribution in [-0.4, -0.2) is 75.8 Å². The number of halogens is 1. The number of H-pyrrole nitrogens is 1. The van der Waals surface area contributed by atoms with E-state index in [1.807, 2.05) is 0 Å². The normalized spacial score (nSPS) is 16.3. The molecule has 0 atom stereocenters. The van der Waals surface area contributed by atoms with Gasteiger partial charge in [0.2, 0.25) is 0 Å². The minimum Gasteiger partial charge on any atom is -0.487 e. The van der Waals surface area contributed by atoms with Crippen LogP contribution in [0, 0.1) is 5.82 Å². The molecule has 2 aromatic heterocycles. The van der Waals surface area contributed by atoms with Gasteiger partial charge in [-0.2, -0.15) is 0 Å². The number of nitrogens with zero attached hydrogens (tertiary/aromatic N) is 4. The Hall–Kier alpha value is -3.89. The van der Waals surface area contributed by atoms with Gasteiger partial charge in [-0.1, -0.05) is 6.07 Å². The van der Waals surface area contributed by atoms with Crippen molar-refractivity contribution in [2.45, 2.75) is 25.4 Å². The number of likely N-dealkylation sites (tertiary alicyclic amines) is 2. The molecule has 2 amide bonds. The fourth-order valence-electron chi connectivity index (χ4n) is 4.18. The number of anilines is 1. The molecule has 4 heterocycles. The number of amides is 2. The number of hydrogen-bond acceptors (Lipinski definition) is 7. The van der Waals surface area contributed by atoms with Gasteiger partial charge in [0.1, 0.15) is 35.5 Å². The molecule has 2 fully saturated rings. The van der Waals surface area contributed by atoms with Crippen LogP contribution in [0.4, 0.5) is 15.0 Å². The number of carbonyl (C=O) groups is 2. The van der Waals surface area contributed by atoms with Crippen LogP contribution < -0.4 is 10.1 Å². The van der Waals surface area contributed by atoms with Crippen LogP contribution in [0.25, 0.3) is 11.0 Å². The van der Waals surface area contributed by atoms with Gasteiger partial charge in [-0.25, -0.2) is 19.2 Å². The number of aromatic nitrogens is 3. The summed E-state index contributed by atoms with van der Waals surface area (Å²) in [5.41, 5.74) is 0.904. The maximum absolute atomic E-state index is 13.3. The Kier molecular flexibility index (Phi) is 6.15. The Balaban J connectivity index is 1.21. The summed E-state index contributed by atoms with van der Waals surface area (Å²) < 4.78 is 24.4. The molecule has 178 valence electrons. The molecule has 34 heavy (non-hydrogen) atoms. The lowest BCUT2D eigenvalue weighted by atomic mass is 10.1. The van der Waals surface area contributed by atoms with E-state index in [-0.39, 0.29) is 30.7 Å². The molecule has 2 aliphatic heterocycles. The zero-order valence-corrected chi connectivity index (χ0v) is 18.5. The first-order chi connectivity index (χ1) is 16.6. The topological polar surface area (TPSA) is 113 Å². The molecule has 0 radical (unpaired) electrons. The standard InChI is InChI=1S/C23H25FN6O4/c24-15-5-4-6-16(9-15)34-17-11-30(12-17)22(31)18-10-25-20-19(18)21(27-13-26-20)28-14-33-23(32)29-7-2-1-3-8-29/h4-6,9-10,13,17H,1-3,7-8,11-12,14H2,(H2,25,26,27,28). The van der Waals surface area contributed by atoms with E-state index in [0.29, 0.717) is 54.3 Å². The zero-order valence-electron chi connectivity index (χ0n) is 18.5. The molecule has 5 rings (SSSR count). The Morgan fingerprint density at radius 3 is 2.76 bits per heavy atom. The number of hydrogen-bond donors (Lipinski definition) is 2. The fraction of sp³-hybridized carbons (Fsp3) is 0.391. The SMILES string of the molecule is O=C(OCNc1ncnc2[nH]cc(C(=O)N3CC(Oc4cccc(F)c4)C3)c12)N1CCCCC1. The Morgan fingerprint density at radius 2 is 1.97 bits per heavy atom. The second-order valence-corrected chi connectivity index (χ2v) is 8.33. The molecule has 0 aliphatic carbocycles. The van der Waals surface area contributed by atoms with Crippen molar-refractivity contribution in [1.82, 2.24) is 24.8 Å². The van der Waals surface area contributed by atoms with Crippen molar-refractivity contribution in [3.8, 4) is 5.75 Å². The first kappa shape index (κ1) is 21.9. The summed E-state index contributed by atoms with van der Waals surface area (Å²) in [4.78, 5) is 40.1. The fourth-order valence-corrected chi connectivity index (χ4v) is 4.18. The third-order valence-electron chi connectivity index (χ3n) is 5.98. The highest BCUT2D eigenvalue weighted by atomic mass is 19.1. The minimum absolute atomic E-state index is 0.0759. The smallest absolute Gasteiger partial charge is 0.411 e. The summed E-state index contributed by atoms with van der Waals surface area (Å²) in [6.45, 7) is 2.09. The second kappa shape index (κ2) is 9.54. The molecule has 3 aromatic rings. The molecular weight excluding hydrogens is 443 g/mol. The molecular formula is C23H25FN6O4. The van der Waals surface area contributed by atoms with Crippen molar-refractivity contribution >= 4 is 28.9 Å². The van der Waals surface area contributed by atoms with Gasteiger partial charge in [0.15, 0.2) is 6.73 Å². The van der Waals surface area contributed by atoms with E-state index in [1.54, 1.807) is 28.1 Å². The molecule has 10 nitrogen and oxygen atoms in total. The molecule has 11 heteroatoms. The molecule has 2 N–H and O–H groups in total. The monoisotopic (exact) mass is 468 g/mol. The van der Waals surface area contributed by atoms with Crippen LogP contribution in [0.2, 0.25) is 0 Å². The van der Waals surface area contributed by atoms with Crippen molar-refractivity contribution in [2.24, 2.45) is 0 Å². The van der Waals surface area contributed by atoms with Crippen LogP contribution in [0.1, 0.15) is 29.6 Å². The van der Waals surface area contributed by atoms with Gasteiger partial charge in [-0.15, -0.1) is 0 Å². The molecule has 2 aliphatic rings. The quantitative estimate of drug-likeness (QED) is 0.535. The Morgan fingerprint density at radius 1 is 1.15 bits per heavy atom. The van der Waals surface area contributed by atoms with E-state index in [0.717, 1.165) is 19.3 Å². The molecule has 1 aromatic carbocycles. The first-order valence-electron chi connectivity index (χ1n) is 11.3. The predicted molar refractivity (Wildman–Crippen MR) is 121 cm³/mol. The highest BCUT2D eigenvalue weighted by molar-refractivity contribution is 6.09. The summed E-state index contributed by atoms with van der Waals surface area (Å²) in [7, 11) is 0. The summed E-state index contributed by atoms with van der Waals surface area (Å²) >= 11 is 0. The van der Waals surface area contributed by atoms with E-state index >= 15 is 0 Å². The van der Waals surface area contributed by atoms with Gasteiger partial charge in [0, 0.05) is 25.4 Å². The second-order valence-electron chi connectivity index (χ2n) is 8.33. The average molecular weight is 468 g/mol. The van der Waals surface area contributed by atoms with E-state index in [4.69, 9.17) is 9.47 Å².